The first-order chi connectivity index (χ1) is 9.24. The van der Waals surface area contributed by atoms with Crippen molar-refractivity contribution in [1.29, 1.82) is 0 Å². The molecule has 0 aliphatic rings. The van der Waals surface area contributed by atoms with Crippen molar-refractivity contribution in [2.24, 2.45) is 0 Å². The zero-order valence-electron chi connectivity index (χ0n) is 11.8. The van der Waals surface area contributed by atoms with Crippen LogP contribution in [0.4, 0.5) is 0 Å². The highest BCUT2D eigenvalue weighted by atomic mass is 16.5. The van der Waals surface area contributed by atoms with Crippen LogP contribution in [0.3, 0.4) is 0 Å². The van der Waals surface area contributed by atoms with Crippen molar-refractivity contribution in [2.75, 3.05) is 13.7 Å². The number of aryl methyl sites for hydroxylation is 1. The van der Waals surface area contributed by atoms with Crippen LogP contribution in [0.5, 0.6) is 5.75 Å². The van der Waals surface area contributed by atoms with Gasteiger partial charge in [-0.05, 0) is 44.2 Å². The van der Waals surface area contributed by atoms with E-state index in [4.69, 9.17) is 4.74 Å². The highest BCUT2D eigenvalue weighted by Crippen LogP contribution is 2.25. The van der Waals surface area contributed by atoms with Gasteiger partial charge in [-0.25, -0.2) is 0 Å². The lowest BCUT2D eigenvalue weighted by Gasteiger charge is -2.18. The summed E-state index contributed by atoms with van der Waals surface area (Å²) >= 11 is 0. The van der Waals surface area contributed by atoms with Gasteiger partial charge in [-0.3, -0.25) is 0 Å². The molecule has 0 bridgehead atoms. The van der Waals surface area contributed by atoms with Crippen LogP contribution >= 0.6 is 0 Å². The minimum atomic E-state index is 0.195. The second kappa shape index (κ2) is 6.39. The molecule has 100 valence electrons. The Morgan fingerprint density at radius 3 is 2.37 bits per heavy atom. The summed E-state index contributed by atoms with van der Waals surface area (Å²) < 4.78 is 5.57. The van der Waals surface area contributed by atoms with E-state index in [1.807, 2.05) is 26.1 Å². The van der Waals surface area contributed by atoms with Gasteiger partial charge in [-0.15, -0.1) is 0 Å². The molecule has 2 aromatic rings. The maximum absolute atomic E-state index is 5.57. The molecule has 0 saturated heterocycles. The normalized spacial score (nSPS) is 12.2. The van der Waals surface area contributed by atoms with Gasteiger partial charge >= 0.3 is 0 Å². The second-order valence-corrected chi connectivity index (χ2v) is 4.64. The van der Waals surface area contributed by atoms with Crippen LogP contribution in [0.1, 0.15) is 29.7 Å². The molecule has 19 heavy (non-hydrogen) atoms. The van der Waals surface area contributed by atoms with Crippen LogP contribution in [0.2, 0.25) is 0 Å². The summed E-state index contributed by atoms with van der Waals surface area (Å²) in [5, 5.41) is 3.38. The highest BCUT2D eigenvalue weighted by molar-refractivity contribution is 5.37. The average Bonchev–Trinajstić information content (AvgIpc) is 2.41. The molecule has 0 amide bonds. The van der Waals surface area contributed by atoms with Crippen molar-refractivity contribution in [1.82, 2.24) is 5.32 Å². The monoisotopic (exact) mass is 255 g/mol. The summed E-state index contributed by atoms with van der Waals surface area (Å²) in [5.41, 5.74) is 3.77. The molecule has 2 rings (SSSR count). The van der Waals surface area contributed by atoms with Gasteiger partial charge in [-0.1, -0.05) is 42.0 Å². The van der Waals surface area contributed by atoms with Gasteiger partial charge in [0, 0.05) is 0 Å². The van der Waals surface area contributed by atoms with Gasteiger partial charge in [0.25, 0.3) is 0 Å². The average molecular weight is 255 g/mol. The van der Waals surface area contributed by atoms with Gasteiger partial charge in [0.05, 0.1) is 12.6 Å². The maximum Gasteiger partial charge on any atom is 0.119 e. The Hall–Kier alpha value is -1.80. The van der Waals surface area contributed by atoms with Crippen molar-refractivity contribution in [3.05, 3.63) is 65.2 Å². The third-order valence-electron chi connectivity index (χ3n) is 3.17. The molecule has 0 fully saturated rings. The Kier molecular flexibility index (Phi) is 4.58. The van der Waals surface area contributed by atoms with Crippen LogP contribution in [-0.4, -0.2) is 13.7 Å². The fourth-order valence-corrected chi connectivity index (χ4v) is 2.33. The molecule has 0 aliphatic heterocycles. The molecule has 0 radical (unpaired) electrons. The Bertz CT molecular complexity index is 536. The summed E-state index contributed by atoms with van der Waals surface area (Å²) in [4.78, 5) is 0. The first kappa shape index (κ1) is 13.6. The van der Waals surface area contributed by atoms with Crippen LogP contribution in [0, 0.1) is 6.92 Å². The molecule has 0 saturated carbocycles. The molecule has 1 unspecified atom stereocenters. The van der Waals surface area contributed by atoms with E-state index in [9.17, 15) is 0 Å². The maximum atomic E-state index is 5.57. The summed E-state index contributed by atoms with van der Waals surface area (Å²) in [6.45, 7) is 4.81. The Labute approximate surface area is 115 Å². The minimum Gasteiger partial charge on any atom is -0.494 e. The van der Waals surface area contributed by atoms with Gasteiger partial charge in [0.15, 0.2) is 0 Å². The van der Waals surface area contributed by atoms with E-state index in [0.29, 0.717) is 6.61 Å². The van der Waals surface area contributed by atoms with Crippen molar-refractivity contribution in [3.8, 4) is 5.75 Å². The topological polar surface area (TPSA) is 21.3 Å². The fraction of sp³-hybridized carbons (Fsp3) is 0.294. The molecule has 0 aromatic heterocycles. The SMILES string of the molecule is CCOc1cccc(C(NC)c2cccc(C)c2)c1. The second-order valence-electron chi connectivity index (χ2n) is 4.64. The molecular weight excluding hydrogens is 234 g/mol. The summed E-state index contributed by atoms with van der Waals surface area (Å²) in [7, 11) is 1.99. The summed E-state index contributed by atoms with van der Waals surface area (Å²) in [5.74, 6) is 0.924. The predicted molar refractivity (Wildman–Crippen MR) is 79.7 cm³/mol. The molecule has 0 heterocycles. The number of rotatable bonds is 5. The van der Waals surface area contributed by atoms with Crippen LogP contribution in [-0.2, 0) is 0 Å². The molecular formula is C17H21NO. The molecule has 2 nitrogen and oxygen atoms in total. The smallest absolute Gasteiger partial charge is 0.119 e. The Morgan fingerprint density at radius 1 is 1.05 bits per heavy atom. The van der Waals surface area contributed by atoms with Crippen molar-refractivity contribution in [2.45, 2.75) is 19.9 Å². The van der Waals surface area contributed by atoms with E-state index >= 15 is 0 Å². The molecule has 1 atom stereocenters. The third kappa shape index (κ3) is 3.36. The zero-order valence-corrected chi connectivity index (χ0v) is 11.8. The summed E-state index contributed by atoms with van der Waals surface area (Å²) in [6.07, 6.45) is 0. The summed E-state index contributed by atoms with van der Waals surface area (Å²) in [6, 6.07) is 17.1. The Morgan fingerprint density at radius 2 is 1.74 bits per heavy atom. The Balaban J connectivity index is 2.33. The highest BCUT2D eigenvalue weighted by Gasteiger charge is 2.12. The van der Waals surface area contributed by atoms with Crippen LogP contribution in [0.25, 0.3) is 0 Å². The van der Waals surface area contributed by atoms with Gasteiger partial charge in [-0.2, -0.15) is 0 Å². The zero-order chi connectivity index (χ0) is 13.7. The quantitative estimate of drug-likeness (QED) is 0.879. The van der Waals surface area contributed by atoms with Crippen LogP contribution in [0.15, 0.2) is 48.5 Å². The number of hydrogen-bond acceptors (Lipinski definition) is 2. The first-order valence-electron chi connectivity index (χ1n) is 6.71. The largest absolute Gasteiger partial charge is 0.494 e. The van der Waals surface area contributed by atoms with E-state index in [-0.39, 0.29) is 6.04 Å². The lowest BCUT2D eigenvalue weighted by molar-refractivity contribution is 0.339. The molecule has 2 aromatic carbocycles. The molecule has 2 heteroatoms. The lowest BCUT2D eigenvalue weighted by atomic mass is 9.97. The van der Waals surface area contributed by atoms with Gasteiger partial charge in [0.1, 0.15) is 5.75 Å². The van der Waals surface area contributed by atoms with E-state index in [0.717, 1.165) is 5.75 Å². The molecule has 0 spiro atoms. The lowest BCUT2D eigenvalue weighted by Crippen LogP contribution is -2.17. The fourth-order valence-electron chi connectivity index (χ4n) is 2.33. The van der Waals surface area contributed by atoms with Crippen molar-refractivity contribution < 1.29 is 4.74 Å². The van der Waals surface area contributed by atoms with Gasteiger partial charge < -0.3 is 10.1 Å². The molecule has 0 aliphatic carbocycles. The van der Waals surface area contributed by atoms with Crippen molar-refractivity contribution >= 4 is 0 Å². The number of hydrogen-bond donors (Lipinski definition) is 1. The van der Waals surface area contributed by atoms with E-state index in [2.05, 4.69) is 48.6 Å². The minimum absolute atomic E-state index is 0.195. The number of nitrogens with one attached hydrogen (secondary N) is 1. The number of benzene rings is 2. The van der Waals surface area contributed by atoms with Crippen molar-refractivity contribution in [3.63, 3.8) is 0 Å². The van der Waals surface area contributed by atoms with E-state index in [1.54, 1.807) is 0 Å². The third-order valence-corrected chi connectivity index (χ3v) is 3.17. The van der Waals surface area contributed by atoms with E-state index in [1.165, 1.54) is 16.7 Å². The molecule has 1 N–H and O–H groups in total. The van der Waals surface area contributed by atoms with Crippen LogP contribution < -0.4 is 10.1 Å². The van der Waals surface area contributed by atoms with E-state index < -0.39 is 0 Å². The predicted octanol–water partition coefficient (Wildman–Crippen LogP) is 3.70. The van der Waals surface area contributed by atoms with Gasteiger partial charge in [0.2, 0.25) is 0 Å². The number of ether oxygens (including phenoxy) is 1. The first-order valence-corrected chi connectivity index (χ1v) is 6.71. The standard InChI is InChI=1S/C17H21NO/c1-4-19-16-10-6-9-15(12-16)17(18-3)14-8-5-7-13(2)11-14/h5-12,17-18H,4H2,1-3H3.